The molecule has 10 heteroatoms. The maximum Gasteiger partial charge on any atom is 0.222 e. The van der Waals surface area contributed by atoms with E-state index in [0.29, 0.717) is 36.6 Å². The SMILES string of the molecule is CC(C)(C)NC(=O)CCn1c(Sc2cc3c(cc2I)CCO3)nc2c(N)ncnc21. The van der Waals surface area contributed by atoms with Crippen molar-refractivity contribution in [3.63, 3.8) is 0 Å². The average molecular weight is 538 g/mol. The molecule has 3 aromatic rings. The molecule has 0 aliphatic carbocycles. The van der Waals surface area contributed by atoms with Crippen molar-refractivity contribution in [3.05, 3.63) is 27.6 Å². The predicted molar refractivity (Wildman–Crippen MR) is 125 cm³/mol. The number of nitrogens with one attached hydrogen (secondary N) is 1. The van der Waals surface area contributed by atoms with Crippen LogP contribution in [0.3, 0.4) is 0 Å². The Morgan fingerprint density at radius 3 is 2.93 bits per heavy atom. The number of imidazole rings is 1. The van der Waals surface area contributed by atoms with Gasteiger partial charge in [0.15, 0.2) is 22.1 Å². The van der Waals surface area contributed by atoms with Crippen molar-refractivity contribution >= 4 is 57.2 Å². The fourth-order valence-corrected chi connectivity index (χ4v) is 5.07. The Morgan fingerprint density at radius 1 is 1.37 bits per heavy atom. The second-order valence-electron chi connectivity index (χ2n) is 8.12. The van der Waals surface area contributed by atoms with Crippen molar-refractivity contribution in [1.82, 2.24) is 24.8 Å². The Kier molecular flexibility index (Phi) is 5.80. The van der Waals surface area contributed by atoms with E-state index in [0.717, 1.165) is 25.8 Å². The molecule has 8 nitrogen and oxygen atoms in total. The molecule has 1 aromatic carbocycles. The highest BCUT2D eigenvalue weighted by atomic mass is 127. The Bertz CT molecular complexity index is 1120. The van der Waals surface area contributed by atoms with Gasteiger partial charge in [0, 0.05) is 33.4 Å². The van der Waals surface area contributed by atoms with Crippen LogP contribution in [-0.4, -0.2) is 37.6 Å². The Balaban J connectivity index is 1.67. The third kappa shape index (κ3) is 4.48. The lowest BCUT2D eigenvalue weighted by Gasteiger charge is -2.20. The van der Waals surface area contributed by atoms with Crippen LogP contribution in [0.25, 0.3) is 11.2 Å². The molecular formula is C20H23IN6O2S. The maximum absolute atomic E-state index is 12.4. The van der Waals surface area contributed by atoms with E-state index in [4.69, 9.17) is 15.5 Å². The number of anilines is 1. The molecule has 0 bridgehead atoms. The van der Waals surface area contributed by atoms with E-state index in [1.165, 1.54) is 23.7 Å². The molecule has 1 aliphatic rings. The number of carbonyl (C=O) groups is 1. The summed E-state index contributed by atoms with van der Waals surface area (Å²) in [5.41, 5.74) is 8.16. The topological polar surface area (TPSA) is 108 Å². The standard InChI is InChI=1S/C20H23IN6O2S/c1-20(2,3)26-15(28)4-6-27-18-16(17(22)23-10-24-18)25-19(27)30-14-9-13-11(5-7-29-13)8-12(14)21/h8-10H,4-7H2,1-3H3,(H,26,28)(H2,22,23,24). The van der Waals surface area contributed by atoms with E-state index in [1.807, 2.05) is 25.3 Å². The molecular weight excluding hydrogens is 515 g/mol. The minimum atomic E-state index is -0.279. The molecule has 3 N–H and O–H groups in total. The number of aryl methyl sites for hydroxylation is 1. The summed E-state index contributed by atoms with van der Waals surface area (Å²) in [6, 6.07) is 4.21. The first-order chi connectivity index (χ1) is 14.2. The number of carbonyl (C=O) groups excluding carboxylic acids is 1. The molecule has 0 spiro atoms. The highest BCUT2D eigenvalue weighted by Gasteiger charge is 2.21. The summed E-state index contributed by atoms with van der Waals surface area (Å²) in [6.45, 7) is 7.04. The number of hydrogen-bond donors (Lipinski definition) is 2. The van der Waals surface area contributed by atoms with Gasteiger partial charge in [0.05, 0.1) is 6.61 Å². The molecule has 0 atom stereocenters. The van der Waals surface area contributed by atoms with Gasteiger partial charge in [0.1, 0.15) is 12.1 Å². The van der Waals surface area contributed by atoms with Crippen LogP contribution in [0.4, 0.5) is 5.82 Å². The maximum atomic E-state index is 12.4. The smallest absolute Gasteiger partial charge is 0.222 e. The number of hydrogen-bond acceptors (Lipinski definition) is 7. The lowest BCUT2D eigenvalue weighted by atomic mass is 10.1. The first kappa shape index (κ1) is 21.2. The van der Waals surface area contributed by atoms with E-state index >= 15 is 0 Å². The molecule has 3 heterocycles. The van der Waals surface area contributed by atoms with Crippen molar-refractivity contribution in [2.75, 3.05) is 12.3 Å². The number of nitrogen functional groups attached to an aromatic ring is 1. The zero-order valence-electron chi connectivity index (χ0n) is 17.0. The number of amides is 1. The van der Waals surface area contributed by atoms with Crippen molar-refractivity contribution in [2.45, 2.75) is 55.7 Å². The summed E-state index contributed by atoms with van der Waals surface area (Å²) in [6.07, 6.45) is 2.67. The minimum Gasteiger partial charge on any atom is -0.493 e. The Morgan fingerprint density at radius 2 is 2.17 bits per heavy atom. The van der Waals surface area contributed by atoms with Gasteiger partial charge >= 0.3 is 0 Å². The monoisotopic (exact) mass is 538 g/mol. The van der Waals surface area contributed by atoms with Gasteiger partial charge < -0.3 is 20.4 Å². The first-order valence-electron chi connectivity index (χ1n) is 9.62. The van der Waals surface area contributed by atoms with Gasteiger partial charge in [-0.1, -0.05) is 11.8 Å². The minimum absolute atomic E-state index is 0.0251. The molecule has 30 heavy (non-hydrogen) atoms. The number of nitrogens with two attached hydrogens (primary N) is 1. The molecule has 1 aliphatic heterocycles. The molecule has 1 amide bonds. The quantitative estimate of drug-likeness (QED) is 0.480. The van der Waals surface area contributed by atoms with E-state index < -0.39 is 0 Å². The number of rotatable bonds is 5. The van der Waals surface area contributed by atoms with Crippen LogP contribution >= 0.6 is 34.4 Å². The van der Waals surface area contributed by atoms with E-state index in [1.54, 1.807) is 0 Å². The van der Waals surface area contributed by atoms with Crippen LogP contribution in [0, 0.1) is 3.57 Å². The van der Waals surface area contributed by atoms with Crippen molar-refractivity contribution in [1.29, 1.82) is 0 Å². The first-order valence-corrected chi connectivity index (χ1v) is 11.5. The molecule has 0 saturated heterocycles. The van der Waals surface area contributed by atoms with Crippen LogP contribution in [-0.2, 0) is 17.8 Å². The molecule has 0 unspecified atom stereocenters. The van der Waals surface area contributed by atoms with E-state index in [2.05, 4.69) is 50.0 Å². The number of nitrogens with zero attached hydrogens (tertiary/aromatic N) is 4. The number of halogens is 1. The zero-order valence-corrected chi connectivity index (χ0v) is 20.0. The van der Waals surface area contributed by atoms with Crippen molar-refractivity contribution in [2.24, 2.45) is 0 Å². The van der Waals surface area contributed by atoms with Crippen LogP contribution in [0.5, 0.6) is 5.75 Å². The summed E-state index contributed by atoms with van der Waals surface area (Å²) in [5, 5.41) is 3.71. The van der Waals surface area contributed by atoms with Gasteiger partial charge in [-0.25, -0.2) is 15.0 Å². The normalized spacial score (nSPS) is 13.3. The highest BCUT2D eigenvalue weighted by Crippen LogP contribution is 2.38. The molecule has 0 fully saturated rings. The van der Waals surface area contributed by atoms with Crippen molar-refractivity contribution in [3.8, 4) is 5.75 Å². The van der Waals surface area contributed by atoms with Crippen LogP contribution in [0.2, 0.25) is 0 Å². The van der Waals surface area contributed by atoms with Gasteiger partial charge in [-0.3, -0.25) is 4.79 Å². The summed E-state index contributed by atoms with van der Waals surface area (Å²) < 4.78 is 8.79. The summed E-state index contributed by atoms with van der Waals surface area (Å²) in [4.78, 5) is 26.5. The molecule has 0 radical (unpaired) electrons. The summed E-state index contributed by atoms with van der Waals surface area (Å²) in [7, 11) is 0. The highest BCUT2D eigenvalue weighted by molar-refractivity contribution is 14.1. The lowest BCUT2D eigenvalue weighted by molar-refractivity contribution is -0.122. The Labute approximate surface area is 192 Å². The molecule has 158 valence electrons. The third-order valence-electron chi connectivity index (χ3n) is 4.55. The van der Waals surface area contributed by atoms with Crippen LogP contribution in [0.1, 0.15) is 32.8 Å². The zero-order chi connectivity index (χ0) is 21.5. The second-order valence-corrected chi connectivity index (χ2v) is 10.3. The number of fused-ring (bicyclic) bond motifs is 2. The Hall–Kier alpha value is -2.08. The fraction of sp³-hybridized carbons (Fsp3) is 0.400. The lowest BCUT2D eigenvalue weighted by Crippen LogP contribution is -2.40. The molecule has 2 aromatic heterocycles. The van der Waals surface area contributed by atoms with Gasteiger partial charge in [0.25, 0.3) is 0 Å². The number of ether oxygens (including phenoxy) is 1. The van der Waals surface area contributed by atoms with Crippen LogP contribution in [0.15, 0.2) is 28.5 Å². The van der Waals surface area contributed by atoms with Gasteiger partial charge in [-0.2, -0.15) is 0 Å². The number of aromatic nitrogens is 4. The molecule has 4 rings (SSSR count). The number of benzene rings is 1. The van der Waals surface area contributed by atoms with Crippen LogP contribution < -0.4 is 15.8 Å². The average Bonchev–Trinajstić information content (AvgIpc) is 3.23. The van der Waals surface area contributed by atoms with Crippen molar-refractivity contribution < 1.29 is 9.53 Å². The van der Waals surface area contributed by atoms with Gasteiger partial charge in [-0.05, 0) is 61.1 Å². The summed E-state index contributed by atoms with van der Waals surface area (Å²) in [5.74, 6) is 1.22. The van der Waals surface area contributed by atoms with E-state index in [9.17, 15) is 4.79 Å². The second kappa shape index (κ2) is 8.22. The van der Waals surface area contributed by atoms with E-state index in [-0.39, 0.29) is 11.4 Å². The third-order valence-corrected chi connectivity index (χ3v) is 6.86. The summed E-state index contributed by atoms with van der Waals surface area (Å²) >= 11 is 3.85. The predicted octanol–water partition coefficient (Wildman–Crippen LogP) is 3.40. The van der Waals surface area contributed by atoms with Gasteiger partial charge in [0.2, 0.25) is 5.91 Å². The largest absolute Gasteiger partial charge is 0.493 e. The van der Waals surface area contributed by atoms with Gasteiger partial charge in [-0.15, -0.1) is 0 Å². The fourth-order valence-electron chi connectivity index (χ4n) is 3.26. The molecule has 0 saturated carbocycles.